The summed E-state index contributed by atoms with van der Waals surface area (Å²) in [5.41, 5.74) is 2.45. The minimum atomic E-state index is -0.139. The van der Waals surface area contributed by atoms with Gasteiger partial charge in [0.1, 0.15) is 6.54 Å². The molecule has 6 nitrogen and oxygen atoms in total. The first kappa shape index (κ1) is 19.8. The van der Waals surface area contributed by atoms with Gasteiger partial charge in [-0.1, -0.05) is 37.6 Å². The summed E-state index contributed by atoms with van der Waals surface area (Å²) in [6.45, 7) is 5.79. The SMILES string of the molecule is CCCC[NH+](CC(=O)Nc1cccc(C)c1)Cc1nc2ccccc2c(=O)[nH]1. The average Bonchev–Trinajstić information content (AvgIpc) is 2.66. The van der Waals surface area contributed by atoms with Crippen LogP contribution in [0.5, 0.6) is 0 Å². The molecule has 0 saturated carbocycles. The third-order valence-corrected chi connectivity index (χ3v) is 4.68. The van der Waals surface area contributed by atoms with E-state index in [9.17, 15) is 9.59 Å². The molecule has 0 aliphatic heterocycles. The molecule has 0 aliphatic rings. The standard InChI is InChI=1S/C22H26N4O2/c1-3-4-12-26(15-21(27)23-17-9-7-8-16(2)13-17)14-20-24-19-11-6-5-10-18(19)22(28)25-20/h5-11,13H,3-4,12,14-15H2,1-2H3,(H,23,27)(H,24,25,28)/p+1. The maximum Gasteiger partial charge on any atom is 0.279 e. The molecule has 1 unspecified atom stereocenters. The van der Waals surface area contributed by atoms with Crippen LogP contribution >= 0.6 is 0 Å². The summed E-state index contributed by atoms with van der Waals surface area (Å²) in [6.07, 6.45) is 2.05. The topological polar surface area (TPSA) is 79.3 Å². The van der Waals surface area contributed by atoms with Gasteiger partial charge in [-0.15, -0.1) is 0 Å². The van der Waals surface area contributed by atoms with Crippen LogP contribution in [-0.4, -0.2) is 29.0 Å². The molecule has 0 bridgehead atoms. The van der Waals surface area contributed by atoms with Crippen LogP contribution in [0.4, 0.5) is 5.69 Å². The van der Waals surface area contributed by atoms with Crippen LogP contribution in [0.2, 0.25) is 0 Å². The molecule has 1 heterocycles. The number of amides is 1. The van der Waals surface area contributed by atoms with Crippen LogP contribution in [0, 0.1) is 6.92 Å². The molecule has 6 heteroatoms. The molecule has 28 heavy (non-hydrogen) atoms. The molecule has 2 aromatic carbocycles. The van der Waals surface area contributed by atoms with Gasteiger partial charge in [-0.2, -0.15) is 0 Å². The number of unbranched alkanes of at least 4 members (excludes halogenated alkanes) is 1. The van der Waals surface area contributed by atoms with Crippen molar-refractivity contribution in [1.29, 1.82) is 0 Å². The van der Waals surface area contributed by atoms with Crippen LogP contribution in [0.3, 0.4) is 0 Å². The number of fused-ring (bicyclic) bond motifs is 1. The number of hydrogen-bond acceptors (Lipinski definition) is 3. The van der Waals surface area contributed by atoms with Gasteiger partial charge in [-0.05, 0) is 43.2 Å². The number of rotatable bonds is 8. The van der Waals surface area contributed by atoms with Gasteiger partial charge in [0, 0.05) is 5.69 Å². The highest BCUT2D eigenvalue weighted by Gasteiger charge is 2.17. The van der Waals surface area contributed by atoms with Crippen molar-refractivity contribution in [3.8, 4) is 0 Å². The first-order valence-corrected chi connectivity index (χ1v) is 9.73. The fraction of sp³-hybridized carbons (Fsp3) is 0.318. The Morgan fingerprint density at radius 1 is 1.18 bits per heavy atom. The van der Waals surface area contributed by atoms with Crippen LogP contribution < -0.4 is 15.8 Å². The normalized spacial score (nSPS) is 12.1. The number of nitrogens with one attached hydrogen (secondary N) is 3. The Hall–Kier alpha value is -2.99. The van der Waals surface area contributed by atoms with Crippen LogP contribution in [0.25, 0.3) is 10.9 Å². The van der Waals surface area contributed by atoms with Crippen molar-refractivity contribution in [3.05, 3.63) is 70.3 Å². The van der Waals surface area contributed by atoms with Gasteiger partial charge < -0.3 is 15.2 Å². The lowest BCUT2D eigenvalue weighted by molar-refractivity contribution is -0.906. The van der Waals surface area contributed by atoms with Gasteiger partial charge in [-0.3, -0.25) is 9.59 Å². The van der Waals surface area contributed by atoms with E-state index in [0.717, 1.165) is 35.5 Å². The van der Waals surface area contributed by atoms with Crippen molar-refractivity contribution in [3.63, 3.8) is 0 Å². The molecular formula is C22H27N4O2+. The molecular weight excluding hydrogens is 352 g/mol. The van der Waals surface area contributed by atoms with Crippen molar-refractivity contribution in [1.82, 2.24) is 9.97 Å². The Bertz CT molecular complexity index is 1010. The fourth-order valence-corrected chi connectivity index (χ4v) is 3.28. The molecule has 1 amide bonds. The molecule has 0 saturated heterocycles. The second-order valence-electron chi connectivity index (χ2n) is 7.15. The van der Waals surface area contributed by atoms with Gasteiger partial charge in [-0.25, -0.2) is 4.98 Å². The van der Waals surface area contributed by atoms with Crippen molar-refractivity contribution >= 4 is 22.5 Å². The summed E-state index contributed by atoms with van der Waals surface area (Å²) in [5.74, 6) is 0.568. The van der Waals surface area contributed by atoms with Gasteiger partial charge in [0.15, 0.2) is 12.4 Å². The second-order valence-corrected chi connectivity index (χ2v) is 7.15. The number of aromatic amines is 1. The lowest BCUT2D eigenvalue weighted by Crippen LogP contribution is -3.12. The lowest BCUT2D eigenvalue weighted by atomic mass is 10.2. The van der Waals surface area contributed by atoms with Crippen LogP contribution in [0.15, 0.2) is 53.3 Å². The predicted octanol–water partition coefficient (Wildman–Crippen LogP) is 2.06. The smallest absolute Gasteiger partial charge is 0.279 e. The van der Waals surface area contributed by atoms with E-state index < -0.39 is 0 Å². The number of aryl methyl sites for hydroxylation is 1. The van der Waals surface area contributed by atoms with Crippen molar-refractivity contribution in [2.75, 3.05) is 18.4 Å². The van der Waals surface area contributed by atoms with Crippen LogP contribution in [0.1, 0.15) is 31.2 Å². The van der Waals surface area contributed by atoms with Gasteiger partial charge in [0.25, 0.3) is 11.5 Å². The molecule has 3 N–H and O–H groups in total. The molecule has 0 fully saturated rings. The quantitative estimate of drug-likeness (QED) is 0.560. The van der Waals surface area contributed by atoms with E-state index in [0.29, 0.717) is 29.8 Å². The number of quaternary nitrogens is 1. The van der Waals surface area contributed by atoms with Gasteiger partial charge in [0.05, 0.1) is 17.4 Å². The highest BCUT2D eigenvalue weighted by atomic mass is 16.2. The van der Waals surface area contributed by atoms with Crippen molar-refractivity contribution in [2.24, 2.45) is 0 Å². The largest absolute Gasteiger partial charge is 0.321 e. The summed E-state index contributed by atoms with van der Waals surface area (Å²) in [7, 11) is 0. The third kappa shape index (κ3) is 5.27. The predicted molar refractivity (Wildman–Crippen MR) is 111 cm³/mol. The maximum atomic E-state index is 12.5. The van der Waals surface area contributed by atoms with E-state index in [-0.39, 0.29) is 11.5 Å². The number of benzene rings is 2. The first-order valence-electron chi connectivity index (χ1n) is 9.73. The molecule has 1 aromatic heterocycles. The molecule has 0 radical (unpaired) electrons. The highest BCUT2D eigenvalue weighted by molar-refractivity contribution is 5.91. The summed E-state index contributed by atoms with van der Waals surface area (Å²) in [5, 5.41) is 3.55. The Balaban J connectivity index is 1.73. The number of para-hydroxylation sites is 1. The van der Waals surface area contributed by atoms with E-state index in [1.54, 1.807) is 6.07 Å². The minimum Gasteiger partial charge on any atom is -0.321 e. The van der Waals surface area contributed by atoms with Crippen LogP contribution in [-0.2, 0) is 11.3 Å². The Kier molecular flexibility index (Phi) is 6.55. The first-order chi connectivity index (χ1) is 13.5. The Morgan fingerprint density at radius 2 is 2.00 bits per heavy atom. The zero-order chi connectivity index (χ0) is 19.9. The Morgan fingerprint density at radius 3 is 2.79 bits per heavy atom. The molecule has 0 aliphatic carbocycles. The van der Waals surface area contributed by atoms with Gasteiger partial charge >= 0.3 is 0 Å². The summed E-state index contributed by atoms with van der Waals surface area (Å²) in [6, 6.07) is 15.1. The lowest BCUT2D eigenvalue weighted by Gasteiger charge is -2.18. The molecule has 3 aromatic rings. The monoisotopic (exact) mass is 379 g/mol. The fourth-order valence-electron chi connectivity index (χ4n) is 3.28. The molecule has 1 atom stereocenters. The summed E-state index contributed by atoms with van der Waals surface area (Å²) in [4.78, 5) is 33.4. The number of anilines is 1. The average molecular weight is 379 g/mol. The Labute approximate surface area is 164 Å². The van der Waals surface area contributed by atoms with E-state index in [1.807, 2.05) is 49.4 Å². The van der Waals surface area contributed by atoms with E-state index >= 15 is 0 Å². The molecule has 3 rings (SSSR count). The zero-order valence-corrected chi connectivity index (χ0v) is 16.4. The van der Waals surface area contributed by atoms with Crippen molar-refractivity contribution < 1.29 is 9.69 Å². The van der Waals surface area contributed by atoms with E-state index in [1.165, 1.54) is 0 Å². The highest BCUT2D eigenvalue weighted by Crippen LogP contribution is 2.09. The van der Waals surface area contributed by atoms with Gasteiger partial charge in [0.2, 0.25) is 0 Å². The number of H-pyrrole nitrogens is 1. The van der Waals surface area contributed by atoms with E-state index in [2.05, 4.69) is 22.2 Å². The van der Waals surface area contributed by atoms with Crippen molar-refractivity contribution in [2.45, 2.75) is 33.2 Å². The zero-order valence-electron chi connectivity index (χ0n) is 16.4. The number of aromatic nitrogens is 2. The number of carbonyl (C=O) groups excluding carboxylic acids is 1. The number of carbonyl (C=O) groups is 1. The maximum absolute atomic E-state index is 12.5. The summed E-state index contributed by atoms with van der Waals surface area (Å²) < 4.78 is 0. The summed E-state index contributed by atoms with van der Waals surface area (Å²) >= 11 is 0. The minimum absolute atomic E-state index is 0.0418. The number of nitrogens with zero attached hydrogens (tertiary/aromatic N) is 1. The van der Waals surface area contributed by atoms with E-state index in [4.69, 9.17) is 0 Å². The third-order valence-electron chi connectivity index (χ3n) is 4.68. The molecule has 146 valence electrons. The molecule has 0 spiro atoms. The number of hydrogen-bond donors (Lipinski definition) is 3. The second kappa shape index (κ2) is 9.28.